The Bertz CT molecular complexity index is 926. The molecular formula is C24H29Cl3N2O2S. The van der Waals surface area contributed by atoms with Crippen LogP contribution in [0.4, 0.5) is 0 Å². The van der Waals surface area contributed by atoms with Crippen LogP contribution in [-0.4, -0.2) is 34.6 Å². The summed E-state index contributed by atoms with van der Waals surface area (Å²) in [6.45, 7) is 6.16. The van der Waals surface area contributed by atoms with Gasteiger partial charge in [-0.2, -0.15) is 0 Å². The molecule has 0 fully saturated rings. The highest BCUT2D eigenvalue weighted by Crippen LogP contribution is 2.25. The summed E-state index contributed by atoms with van der Waals surface area (Å²) in [5, 5.41) is 4.55. The summed E-state index contributed by atoms with van der Waals surface area (Å²) in [4.78, 5) is 27.9. The molecule has 0 bridgehead atoms. The van der Waals surface area contributed by atoms with Gasteiger partial charge in [0.25, 0.3) is 0 Å². The number of carbonyl (C=O) groups excluding carboxylic acids is 2. The van der Waals surface area contributed by atoms with Crippen LogP contribution >= 0.6 is 46.6 Å². The van der Waals surface area contributed by atoms with Gasteiger partial charge in [0.2, 0.25) is 11.8 Å². The quantitative estimate of drug-likeness (QED) is 0.367. The van der Waals surface area contributed by atoms with Gasteiger partial charge in [-0.25, -0.2) is 0 Å². The predicted molar refractivity (Wildman–Crippen MR) is 137 cm³/mol. The first-order valence-electron chi connectivity index (χ1n) is 10.6. The van der Waals surface area contributed by atoms with Crippen molar-refractivity contribution in [3.63, 3.8) is 0 Å². The van der Waals surface area contributed by atoms with Crippen LogP contribution < -0.4 is 5.32 Å². The fourth-order valence-corrected chi connectivity index (χ4v) is 4.55. The highest BCUT2D eigenvalue weighted by molar-refractivity contribution is 7.99. The van der Waals surface area contributed by atoms with Crippen LogP contribution in [0.25, 0.3) is 0 Å². The molecule has 0 heterocycles. The summed E-state index contributed by atoms with van der Waals surface area (Å²) in [6, 6.07) is 12.3. The van der Waals surface area contributed by atoms with E-state index in [-0.39, 0.29) is 30.2 Å². The van der Waals surface area contributed by atoms with Gasteiger partial charge in [0.15, 0.2) is 0 Å². The number of halogens is 3. The van der Waals surface area contributed by atoms with Gasteiger partial charge in [0.1, 0.15) is 6.04 Å². The maximum atomic E-state index is 13.3. The summed E-state index contributed by atoms with van der Waals surface area (Å²) in [5.74, 6) is 0.660. The van der Waals surface area contributed by atoms with Crippen LogP contribution in [0, 0.1) is 0 Å². The lowest BCUT2D eigenvalue weighted by atomic mass is 10.1. The number of carbonyl (C=O) groups is 2. The maximum absolute atomic E-state index is 13.3. The predicted octanol–water partition coefficient (Wildman–Crippen LogP) is 6.60. The SMILES string of the molecule is CC[C@@H](C)NC(=O)[C@@H](CC)N(Cc1ccc(Cl)c(Cl)c1)C(=O)CSCc1cccc(Cl)c1. The lowest BCUT2D eigenvalue weighted by molar-refractivity contribution is -0.139. The molecule has 2 aromatic carbocycles. The molecule has 0 unspecified atom stereocenters. The molecule has 4 nitrogen and oxygen atoms in total. The average molecular weight is 516 g/mol. The molecule has 174 valence electrons. The summed E-state index contributed by atoms with van der Waals surface area (Å²) < 4.78 is 0. The Hall–Kier alpha value is -1.40. The second-order valence-electron chi connectivity index (χ2n) is 7.63. The van der Waals surface area contributed by atoms with Crippen LogP contribution in [0.5, 0.6) is 0 Å². The molecule has 0 radical (unpaired) electrons. The van der Waals surface area contributed by atoms with Crippen molar-refractivity contribution in [1.82, 2.24) is 10.2 Å². The molecular weight excluding hydrogens is 487 g/mol. The number of benzene rings is 2. The lowest BCUT2D eigenvalue weighted by Gasteiger charge is -2.31. The Morgan fingerprint density at radius 3 is 2.38 bits per heavy atom. The van der Waals surface area contributed by atoms with E-state index in [1.807, 2.05) is 51.1 Å². The van der Waals surface area contributed by atoms with Gasteiger partial charge in [-0.3, -0.25) is 9.59 Å². The van der Waals surface area contributed by atoms with Gasteiger partial charge >= 0.3 is 0 Å². The molecule has 2 rings (SSSR count). The van der Waals surface area contributed by atoms with Crippen molar-refractivity contribution >= 4 is 58.4 Å². The molecule has 0 saturated carbocycles. The van der Waals surface area contributed by atoms with E-state index >= 15 is 0 Å². The van der Waals surface area contributed by atoms with E-state index in [9.17, 15) is 9.59 Å². The summed E-state index contributed by atoms with van der Waals surface area (Å²) in [7, 11) is 0. The molecule has 1 N–H and O–H groups in total. The topological polar surface area (TPSA) is 49.4 Å². The summed E-state index contributed by atoms with van der Waals surface area (Å²) in [5.41, 5.74) is 1.87. The number of rotatable bonds is 11. The maximum Gasteiger partial charge on any atom is 0.243 e. The fourth-order valence-electron chi connectivity index (χ4n) is 3.16. The van der Waals surface area contributed by atoms with E-state index in [1.165, 1.54) is 11.8 Å². The van der Waals surface area contributed by atoms with E-state index in [0.717, 1.165) is 17.5 Å². The van der Waals surface area contributed by atoms with E-state index in [0.29, 0.717) is 27.2 Å². The third kappa shape index (κ3) is 8.18. The van der Waals surface area contributed by atoms with Crippen molar-refractivity contribution < 1.29 is 9.59 Å². The van der Waals surface area contributed by atoms with Crippen LogP contribution in [0.3, 0.4) is 0 Å². The zero-order valence-electron chi connectivity index (χ0n) is 18.5. The van der Waals surface area contributed by atoms with Gasteiger partial charge in [-0.05, 0) is 55.2 Å². The molecule has 0 spiro atoms. The third-order valence-electron chi connectivity index (χ3n) is 5.11. The Kier molecular flexibility index (Phi) is 11.2. The average Bonchev–Trinajstić information content (AvgIpc) is 2.75. The van der Waals surface area contributed by atoms with E-state index < -0.39 is 6.04 Å². The van der Waals surface area contributed by atoms with Gasteiger partial charge in [0.05, 0.1) is 15.8 Å². The van der Waals surface area contributed by atoms with Crippen LogP contribution in [0.15, 0.2) is 42.5 Å². The van der Waals surface area contributed by atoms with Crippen molar-refractivity contribution in [2.75, 3.05) is 5.75 Å². The second-order valence-corrected chi connectivity index (χ2v) is 9.87. The second kappa shape index (κ2) is 13.3. The minimum Gasteiger partial charge on any atom is -0.352 e. The Morgan fingerprint density at radius 2 is 1.75 bits per heavy atom. The van der Waals surface area contributed by atoms with Crippen molar-refractivity contribution in [1.29, 1.82) is 0 Å². The molecule has 0 saturated heterocycles. The number of nitrogens with zero attached hydrogens (tertiary/aromatic N) is 1. The minimum atomic E-state index is -0.572. The molecule has 0 aliphatic heterocycles. The molecule has 2 atom stereocenters. The van der Waals surface area contributed by atoms with Gasteiger partial charge in [-0.15, -0.1) is 11.8 Å². The van der Waals surface area contributed by atoms with Crippen LogP contribution in [0.1, 0.15) is 44.7 Å². The first-order valence-corrected chi connectivity index (χ1v) is 12.9. The van der Waals surface area contributed by atoms with Crippen molar-refractivity contribution in [2.45, 2.75) is 58.0 Å². The number of thioether (sulfide) groups is 1. The Labute approximate surface area is 210 Å². The first kappa shape index (κ1) is 26.8. The van der Waals surface area contributed by atoms with Crippen molar-refractivity contribution in [2.24, 2.45) is 0 Å². The van der Waals surface area contributed by atoms with Crippen molar-refractivity contribution in [3.8, 4) is 0 Å². The highest BCUT2D eigenvalue weighted by Gasteiger charge is 2.29. The minimum absolute atomic E-state index is 0.0377. The summed E-state index contributed by atoms with van der Waals surface area (Å²) in [6.07, 6.45) is 1.33. The Morgan fingerprint density at radius 1 is 1.00 bits per heavy atom. The van der Waals surface area contributed by atoms with E-state index in [1.54, 1.807) is 17.0 Å². The monoisotopic (exact) mass is 514 g/mol. The van der Waals surface area contributed by atoms with E-state index in [4.69, 9.17) is 34.8 Å². The van der Waals surface area contributed by atoms with Gasteiger partial charge in [-0.1, -0.05) is 66.8 Å². The smallest absolute Gasteiger partial charge is 0.243 e. The number of amides is 2. The molecule has 0 aliphatic carbocycles. The van der Waals surface area contributed by atoms with Gasteiger partial charge in [0, 0.05) is 23.4 Å². The van der Waals surface area contributed by atoms with Gasteiger partial charge < -0.3 is 10.2 Å². The first-order chi connectivity index (χ1) is 15.2. The molecule has 8 heteroatoms. The molecule has 2 amide bonds. The molecule has 32 heavy (non-hydrogen) atoms. The zero-order chi connectivity index (χ0) is 23.7. The van der Waals surface area contributed by atoms with Crippen LogP contribution in [0.2, 0.25) is 15.1 Å². The normalized spacial score (nSPS) is 12.8. The summed E-state index contributed by atoms with van der Waals surface area (Å²) >= 11 is 19.8. The third-order valence-corrected chi connectivity index (χ3v) is 7.07. The highest BCUT2D eigenvalue weighted by atomic mass is 35.5. The van der Waals surface area contributed by atoms with Crippen molar-refractivity contribution in [3.05, 3.63) is 68.7 Å². The number of hydrogen-bond acceptors (Lipinski definition) is 3. The largest absolute Gasteiger partial charge is 0.352 e. The molecule has 0 aromatic heterocycles. The molecule has 2 aromatic rings. The lowest BCUT2D eigenvalue weighted by Crippen LogP contribution is -2.51. The zero-order valence-corrected chi connectivity index (χ0v) is 21.6. The number of hydrogen-bond donors (Lipinski definition) is 1. The van der Waals surface area contributed by atoms with Crippen LogP contribution in [-0.2, 0) is 21.9 Å². The Balaban J connectivity index is 2.17. The fraction of sp³-hybridized carbons (Fsp3) is 0.417. The standard InChI is InChI=1S/C24H29Cl3N2O2S/c1-4-16(3)28-24(31)22(5-2)29(13-17-9-10-20(26)21(27)12-17)23(30)15-32-14-18-7-6-8-19(25)11-18/h6-12,16,22H,4-5,13-15H2,1-3H3,(H,28,31)/t16-,22-/m1/s1. The number of nitrogens with one attached hydrogen (secondary N) is 1. The van der Waals surface area contributed by atoms with E-state index in [2.05, 4.69) is 5.32 Å². The molecule has 0 aliphatic rings.